The summed E-state index contributed by atoms with van der Waals surface area (Å²) in [5.41, 5.74) is 10.5. The van der Waals surface area contributed by atoms with Gasteiger partial charge in [0.15, 0.2) is 0 Å². The summed E-state index contributed by atoms with van der Waals surface area (Å²) in [4.78, 5) is 12.5. The van der Waals surface area contributed by atoms with Gasteiger partial charge in [0.1, 0.15) is 0 Å². The van der Waals surface area contributed by atoms with E-state index in [1.807, 2.05) is 14.1 Å². The Morgan fingerprint density at radius 1 is 1.22 bits per heavy atom. The van der Waals surface area contributed by atoms with E-state index in [1.54, 1.807) is 0 Å². The monoisotopic (exact) mass is 318 g/mol. The lowest BCUT2D eigenvalue weighted by Gasteiger charge is -2.41. The lowest BCUT2D eigenvalue weighted by Crippen LogP contribution is -2.62. The zero-order valence-corrected chi connectivity index (χ0v) is 15.1. The maximum atomic E-state index is 12.5. The first-order chi connectivity index (χ1) is 10.7. The van der Waals surface area contributed by atoms with Gasteiger partial charge in [-0.15, -0.1) is 0 Å². The molecule has 2 rings (SSSR count). The summed E-state index contributed by atoms with van der Waals surface area (Å²) < 4.78 is 0. The van der Waals surface area contributed by atoms with Gasteiger partial charge in [0.05, 0.1) is 12.1 Å². The number of nitrogens with one attached hydrogen (secondary N) is 1. The molecule has 1 aromatic carbocycles. The van der Waals surface area contributed by atoms with Crippen molar-refractivity contribution in [2.75, 3.05) is 27.2 Å². The summed E-state index contributed by atoms with van der Waals surface area (Å²) in [6, 6.07) is 4.26. The van der Waals surface area contributed by atoms with Crippen LogP contribution in [0.5, 0.6) is 0 Å². The molecule has 0 unspecified atom stereocenters. The number of amides is 1. The molecular formula is C18H30N4O. The molecular weight excluding hydrogens is 288 g/mol. The zero-order chi connectivity index (χ0) is 17.2. The van der Waals surface area contributed by atoms with Gasteiger partial charge in [-0.05, 0) is 50.3 Å². The highest BCUT2D eigenvalue weighted by Crippen LogP contribution is 2.20. The number of hydrogen-bond acceptors (Lipinski definition) is 4. The quantitative estimate of drug-likeness (QED) is 0.826. The van der Waals surface area contributed by atoms with E-state index in [1.165, 1.54) is 16.7 Å². The normalized spacial score (nSPS) is 18.2. The fraction of sp³-hybridized carbons (Fsp3) is 0.611. The van der Waals surface area contributed by atoms with Crippen molar-refractivity contribution in [1.29, 1.82) is 0 Å². The standard InChI is InChI=1S/C18H30N4O/c1-13-10-14(2)16(15(3)11-13)12-17(23)20-18(19)6-8-22(9-7-18)21(4)5/h10-11H,6-9,12,19H2,1-5H3,(H,20,23). The van der Waals surface area contributed by atoms with Crippen molar-refractivity contribution in [2.45, 2.75) is 45.7 Å². The SMILES string of the molecule is Cc1cc(C)c(CC(=O)NC2(N)CCN(N(C)C)CC2)c(C)c1. The van der Waals surface area contributed by atoms with Gasteiger partial charge in [0.2, 0.25) is 5.91 Å². The number of hydrazine groups is 1. The van der Waals surface area contributed by atoms with E-state index in [-0.39, 0.29) is 5.91 Å². The highest BCUT2D eigenvalue weighted by Gasteiger charge is 2.32. The van der Waals surface area contributed by atoms with E-state index in [2.05, 4.69) is 48.2 Å². The third-order valence-electron chi connectivity index (χ3n) is 4.76. The smallest absolute Gasteiger partial charge is 0.225 e. The first-order valence-electron chi connectivity index (χ1n) is 8.29. The summed E-state index contributed by atoms with van der Waals surface area (Å²) in [6.45, 7) is 7.95. The molecule has 3 N–H and O–H groups in total. The lowest BCUT2D eigenvalue weighted by atomic mass is 9.95. The number of hydrogen-bond donors (Lipinski definition) is 2. The average molecular weight is 318 g/mol. The van der Waals surface area contributed by atoms with Crippen molar-refractivity contribution < 1.29 is 4.79 Å². The van der Waals surface area contributed by atoms with Gasteiger partial charge in [-0.25, -0.2) is 10.0 Å². The Balaban J connectivity index is 1.98. The third kappa shape index (κ3) is 4.53. The zero-order valence-electron chi connectivity index (χ0n) is 15.1. The molecule has 1 saturated heterocycles. The fourth-order valence-corrected chi connectivity index (χ4v) is 3.39. The van der Waals surface area contributed by atoms with Crippen LogP contribution in [0.15, 0.2) is 12.1 Å². The number of nitrogens with zero attached hydrogens (tertiary/aromatic N) is 2. The second-order valence-electron chi connectivity index (χ2n) is 7.06. The molecule has 128 valence electrons. The highest BCUT2D eigenvalue weighted by atomic mass is 16.1. The van der Waals surface area contributed by atoms with Gasteiger partial charge in [0.25, 0.3) is 0 Å². The number of carbonyl (C=O) groups is 1. The predicted octanol–water partition coefficient (Wildman–Crippen LogP) is 1.50. The number of benzene rings is 1. The molecule has 0 atom stereocenters. The summed E-state index contributed by atoms with van der Waals surface area (Å²) in [5.74, 6) is 0.0147. The topological polar surface area (TPSA) is 61.6 Å². The molecule has 1 heterocycles. The van der Waals surface area contributed by atoms with Crippen LogP contribution in [-0.4, -0.2) is 48.8 Å². The van der Waals surface area contributed by atoms with Crippen molar-refractivity contribution in [1.82, 2.24) is 15.3 Å². The van der Waals surface area contributed by atoms with Gasteiger partial charge in [-0.1, -0.05) is 17.7 Å². The number of piperidine rings is 1. The first-order valence-corrected chi connectivity index (χ1v) is 8.29. The van der Waals surface area contributed by atoms with Crippen LogP contribution < -0.4 is 11.1 Å². The van der Waals surface area contributed by atoms with Crippen molar-refractivity contribution >= 4 is 5.91 Å². The number of carbonyl (C=O) groups excluding carboxylic acids is 1. The third-order valence-corrected chi connectivity index (χ3v) is 4.76. The van der Waals surface area contributed by atoms with Crippen molar-refractivity contribution in [3.63, 3.8) is 0 Å². The number of aryl methyl sites for hydroxylation is 3. The minimum Gasteiger partial charge on any atom is -0.338 e. The van der Waals surface area contributed by atoms with Crippen LogP contribution in [0.2, 0.25) is 0 Å². The Kier molecular flexibility index (Phi) is 5.45. The molecule has 1 aliphatic rings. The molecule has 1 aromatic rings. The van der Waals surface area contributed by atoms with Gasteiger partial charge in [-0.3, -0.25) is 4.79 Å². The molecule has 5 heteroatoms. The van der Waals surface area contributed by atoms with E-state index < -0.39 is 5.66 Å². The van der Waals surface area contributed by atoms with Crippen molar-refractivity contribution in [3.05, 3.63) is 34.4 Å². The second kappa shape index (κ2) is 6.99. The van der Waals surface area contributed by atoms with E-state index in [0.717, 1.165) is 31.5 Å². The van der Waals surface area contributed by atoms with Crippen molar-refractivity contribution in [2.24, 2.45) is 5.73 Å². The molecule has 5 nitrogen and oxygen atoms in total. The summed E-state index contributed by atoms with van der Waals surface area (Å²) >= 11 is 0. The number of rotatable bonds is 4. The molecule has 0 aliphatic carbocycles. The van der Waals surface area contributed by atoms with Gasteiger partial charge < -0.3 is 11.1 Å². The molecule has 0 bridgehead atoms. The van der Waals surface area contributed by atoms with Crippen LogP contribution in [0.1, 0.15) is 35.1 Å². The molecule has 23 heavy (non-hydrogen) atoms. The van der Waals surface area contributed by atoms with Crippen LogP contribution >= 0.6 is 0 Å². The molecule has 1 amide bonds. The Morgan fingerprint density at radius 3 is 2.22 bits per heavy atom. The summed E-state index contributed by atoms with van der Waals surface area (Å²) in [6.07, 6.45) is 1.93. The second-order valence-corrected chi connectivity index (χ2v) is 7.06. The molecule has 0 radical (unpaired) electrons. The van der Waals surface area contributed by atoms with E-state index in [0.29, 0.717) is 6.42 Å². The van der Waals surface area contributed by atoms with Gasteiger partial charge >= 0.3 is 0 Å². The maximum Gasteiger partial charge on any atom is 0.225 e. The summed E-state index contributed by atoms with van der Waals surface area (Å²) in [5, 5.41) is 7.39. The van der Waals surface area contributed by atoms with Crippen LogP contribution in [0, 0.1) is 20.8 Å². The Morgan fingerprint density at radius 2 is 1.74 bits per heavy atom. The molecule has 1 aliphatic heterocycles. The molecule has 0 spiro atoms. The average Bonchev–Trinajstić information content (AvgIpc) is 2.42. The Labute approximate surface area is 139 Å². The Bertz CT molecular complexity index is 551. The molecule has 0 saturated carbocycles. The fourth-order valence-electron chi connectivity index (χ4n) is 3.39. The van der Waals surface area contributed by atoms with Gasteiger partial charge in [0, 0.05) is 27.2 Å². The predicted molar refractivity (Wildman–Crippen MR) is 93.9 cm³/mol. The van der Waals surface area contributed by atoms with Gasteiger partial charge in [-0.2, -0.15) is 0 Å². The maximum absolute atomic E-state index is 12.5. The summed E-state index contributed by atoms with van der Waals surface area (Å²) in [7, 11) is 4.07. The largest absolute Gasteiger partial charge is 0.338 e. The minimum absolute atomic E-state index is 0.0147. The van der Waals surface area contributed by atoms with Crippen LogP contribution in [-0.2, 0) is 11.2 Å². The van der Waals surface area contributed by atoms with Crippen molar-refractivity contribution in [3.8, 4) is 0 Å². The lowest BCUT2D eigenvalue weighted by molar-refractivity contribution is -0.123. The van der Waals surface area contributed by atoms with Crippen LogP contribution in [0.25, 0.3) is 0 Å². The highest BCUT2D eigenvalue weighted by molar-refractivity contribution is 5.80. The first kappa shape index (κ1) is 17.9. The van der Waals surface area contributed by atoms with Crippen LogP contribution in [0.4, 0.5) is 0 Å². The van der Waals surface area contributed by atoms with E-state index in [9.17, 15) is 4.79 Å². The Hall–Kier alpha value is -1.43. The molecule has 0 aromatic heterocycles. The number of nitrogens with two attached hydrogens (primary N) is 1. The van der Waals surface area contributed by atoms with E-state index in [4.69, 9.17) is 5.73 Å². The molecule has 1 fully saturated rings. The van der Waals surface area contributed by atoms with Crippen LogP contribution in [0.3, 0.4) is 0 Å². The minimum atomic E-state index is -0.587. The van der Waals surface area contributed by atoms with E-state index >= 15 is 0 Å².